The predicted octanol–water partition coefficient (Wildman–Crippen LogP) is 7.30. The minimum atomic E-state index is 0. The van der Waals surface area contributed by atoms with E-state index in [4.69, 9.17) is 0 Å². The van der Waals surface area contributed by atoms with Crippen LogP contribution in [-0.4, -0.2) is 0 Å². The molecule has 0 fully saturated rings. The molecule has 6 aromatic rings. The Kier molecular flexibility index (Phi) is 14.0. The quantitative estimate of drug-likeness (QED) is 0.134. The predicted molar refractivity (Wildman–Crippen MR) is 196 cm³/mol. The van der Waals surface area contributed by atoms with Gasteiger partial charge >= 0.3 is 21.7 Å². The molecule has 0 saturated carbocycles. The van der Waals surface area contributed by atoms with Gasteiger partial charge in [-0.2, -0.15) is 12.1 Å². The van der Waals surface area contributed by atoms with E-state index in [9.17, 15) is 0 Å². The topological polar surface area (TPSA) is 0 Å². The van der Waals surface area contributed by atoms with Crippen molar-refractivity contribution in [3.05, 3.63) is 131 Å². The van der Waals surface area contributed by atoms with Crippen LogP contribution in [0.4, 0.5) is 0 Å². The molecule has 6 rings (SSSR count). The number of rotatable bonds is 4. The minimum absolute atomic E-state index is 0. The molecular weight excluding hydrogens is 647 g/mol. The van der Waals surface area contributed by atoms with Crippen LogP contribution in [0.25, 0.3) is 43.8 Å². The van der Waals surface area contributed by atoms with Crippen LogP contribution < -0.4 is 24.8 Å². The van der Waals surface area contributed by atoms with Crippen LogP contribution in [0.1, 0.15) is 103 Å². The maximum Gasteiger partial charge on any atom is 4.00 e. The van der Waals surface area contributed by atoms with Gasteiger partial charge in [-0.25, -0.2) is 0 Å². The van der Waals surface area contributed by atoms with Gasteiger partial charge < -0.3 is 24.8 Å². The summed E-state index contributed by atoms with van der Waals surface area (Å²) in [5.74, 6) is 1.15. The van der Waals surface area contributed by atoms with Gasteiger partial charge in [0.1, 0.15) is 0 Å². The minimum Gasteiger partial charge on any atom is -1.00 e. The molecule has 0 aliphatic heterocycles. The normalized spacial score (nSPS) is 11.5. The molecule has 0 N–H and O–H groups in total. The Morgan fingerprint density at radius 2 is 0.787 bits per heavy atom. The van der Waals surface area contributed by atoms with E-state index in [-0.39, 0.29) is 57.4 Å². The summed E-state index contributed by atoms with van der Waals surface area (Å²) in [5.41, 5.74) is 11.3. The maximum absolute atomic E-state index is 2.35. The monoisotopic (exact) mass is 696 g/mol. The van der Waals surface area contributed by atoms with E-state index in [0.29, 0.717) is 11.8 Å². The van der Waals surface area contributed by atoms with Crippen molar-refractivity contribution in [1.82, 2.24) is 0 Å². The van der Waals surface area contributed by atoms with Crippen LogP contribution in [0.15, 0.2) is 109 Å². The third kappa shape index (κ3) is 9.30. The molecule has 47 heavy (non-hydrogen) atoms. The van der Waals surface area contributed by atoms with Crippen LogP contribution in [-0.2, 0) is 32.5 Å². The Hall–Kier alpha value is -2.61. The number of hydrogen-bond donors (Lipinski definition) is 0. The van der Waals surface area contributed by atoms with Gasteiger partial charge in [-0.15, -0.1) is 69.1 Å². The van der Waals surface area contributed by atoms with Crippen molar-refractivity contribution in [3.63, 3.8) is 0 Å². The van der Waals surface area contributed by atoms with Crippen LogP contribution in [0.2, 0.25) is 0 Å². The summed E-state index contributed by atoms with van der Waals surface area (Å²) in [6, 6.07) is 40.7. The van der Waals surface area contributed by atoms with Gasteiger partial charge in [0.2, 0.25) is 0 Å². The van der Waals surface area contributed by atoms with Crippen molar-refractivity contribution < 1.29 is 46.5 Å². The Balaban J connectivity index is 0.000000307. The molecule has 0 spiro atoms. The van der Waals surface area contributed by atoms with E-state index in [1.807, 2.05) is 0 Å². The van der Waals surface area contributed by atoms with Crippen LogP contribution >= 0.6 is 0 Å². The second kappa shape index (κ2) is 16.2. The molecule has 6 aromatic carbocycles. The van der Waals surface area contributed by atoms with Crippen molar-refractivity contribution in [2.45, 2.75) is 91.9 Å². The molecule has 0 saturated heterocycles. The smallest absolute Gasteiger partial charge is 1.00 e. The van der Waals surface area contributed by atoms with Crippen LogP contribution in [0, 0.1) is 0 Å². The summed E-state index contributed by atoms with van der Waals surface area (Å²) in [5, 5.41) is 5.44. The molecule has 0 aliphatic rings. The maximum atomic E-state index is 2.35. The zero-order valence-corrected chi connectivity index (χ0v) is 32.9. The number of halogens is 2. The molecule has 0 atom stereocenters. The van der Waals surface area contributed by atoms with E-state index in [0.717, 1.165) is 0 Å². The molecule has 0 radical (unpaired) electrons. The molecule has 0 bridgehead atoms. The van der Waals surface area contributed by atoms with Crippen molar-refractivity contribution >= 4 is 21.5 Å². The van der Waals surface area contributed by atoms with Crippen LogP contribution in [0.3, 0.4) is 0 Å². The third-order valence-corrected chi connectivity index (χ3v) is 9.00. The van der Waals surface area contributed by atoms with Gasteiger partial charge in [0.25, 0.3) is 0 Å². The first-order valence-corrected chi connectivity index (χ1v) is 16.3. The Morgan fingerprint density at radius 1 is 0.468 bits per heavy atom. The third-order valence-electron chi connectivity index (χ3n) is 9.00. The van der Waals surface area contributed by atoms with E-state index in [1.54, 1.807) is 0 Å². The van der Waals surface area contributed by atoms with Gasteiger partial charge in [-0.3, -0.25) is 0 Å². The van der Waals surface area contributed by atoms with Crippen molar-refractivity contribution in [2.24, 2.45) is 0 Å². The fourth-order valence-corrected chi connectivity index (χ4v) is 5.99. The summed E-state index contributed by atoms with van der Waals surface area (Å²) >= 11 is 0. The summed E-state index contributed by atoms with van der Waals surface area (Å²) in [6.07, 6.45) is 0. The van der Waals surface area contributed by atoms with Gasteiger partial charge in [0.05, 0.1) is 0 Å². The first kappa shape index (κ1) is 40.6. The summed E-state index contributed by atoms with van der Waals surface area (Å²) in [7, 11) is 0. The van der Waals surface area contributed by atoms with Gasteiger partial charge in [0, 0.05) is 0 Å². The SMILES string of the molecule is CC(C)c1cc2c(-c3ccc(C(C)(C)C)cc3)cccc2[cH-]1.CC(C)c1cc2c(-c3ccc(C(C)(C)C)cc3)cccc2[cH-]1.[Cl-].[Cl-].[Ti+4]. The second-order valence-corrected chi connectivity index (χ2v) is 15.2. The first-order valence-electron chi connectivity index (χ1n) is 16.3. The molecule has 0 aliphatic carbocycles. The molecule has 3 heteroatoms. The largest absolute Gasteiger partial charge is 4.00 e. The Morgan fingerprint density at radius 3 is 1.06 bits per heavy atom. The standard InChI is InChI=1S/2C22H25.2ClH.Ti/c2*1-15(2)18-13-17-7-6-8-20(21(17)14-18)16-9-11-19(12-10-16)22(3,4)5;;;/h2*6-15H,1-5H3;2*1H;/q2*-1;;;+4/p-2. The van der Waals surface area contributed by atoms with Crippen molar-refractivity contribution in [1.29, 1.82) is 0 Å². The van der Waals surface area contributed by atoms with Crippen molar-refractivity contribution in [2.75, 3.05) is 0 Å². The Bertz CT molecular complexity index is 1710. The van der Waals surface area contributed by atoms with E-state index >= 15 is 0 Å². The van der Waals surface area contributed by atoms with Crippen LogP contribution in [0.5, 0.6) is 0 Å². The summed E-state index contributed by atoms with van der Waals surface area (Å²) < 4.78 is 0. The van der Waals surface area contributed by atoms with Gasteiger partial charge in [0.15, 0.2) is 0 Å². The molecule has 0 aromatic heterocycles. The zero-order valence-electron chi connectivity index (χ0n) is 29.8. The Labute approximate surface area is 311 Å². The average molecular weight is 698 g/mol. The first-order chi connectivity index (χ1) is 20.7. The van der Waals surface area contributed by atoms with E-state index in [2.05, 4.69) is 178 Å². The van der Waals surface area contributed by atoms with Gasteiger partial charge in [-0.1, -0.05) is 141 Å². The summed E-state index contributed by atoms with van der Waals surface area (Å²) in [4.78, 5) is 0. The zero-order chi connectivity index (χ0) is 31.8. The van der Waals surface area contributed by atoms with E-state index in [1.165, 1.54) is 66.1 Å². The fourth-order valence-electron chi connectivity index (χ4n) is 5.99. The molecule has 0 heterocycles. The molecule has 0 amide bonds. The average Bonchev–Trinajstić information content (AvgIpc) is 3.62. The molecule has 0 nitrogen and oxygen atoms in total. The fraction of sp³-hybridized carbons (Fsp3) is 0.318. The molecular formula is C44H50Cl2Ti. The van der Waals surface area contributed by atoms with Crippen molar-refractivity contribution in [3.8, 4) is 22.3 Å². The van der Waals surface area contributed by atoms with E-state index < -0.39 is 0 Å². The number of benzene rings is 4. The second-order valence-electron chi connectivity index (χ2n) is 15.2. The number of fused-ring (bicyclic) bond motifs is 2. The van der Waals surface area contributed by atoms with Gasteiger partial charge in [-0.05, 0) is 44.9 Å². The molecule has 0 unspecified atom stereocenters. The number of hydrogen-bond acceptors (Lipinski definition) is 0. The molecule has 244 valence electrons. The summed E-state index contributed by atoms with van der Waals surface area (Å²) in [6.45, 7) is 22.6.